The number of aryl methyl sites for hydroxylation is 2. The van der Waals surface area contributed by atoms with Crippen LogP contribution in [0.15, 0.2) is 56.4 Å². The molecule has 2 N–H and O–H groups in total. The molecule has 0 aliphatic carbocycles. The average Bonchev–Trinajstić information content (AvgIpc) is 3.99. The van der Waals surface area contributed by atoms with Crippen LogP contribution in [0.5, 0.6) is 17.2 Å². The minimum Gasteiger partial charge on any atom is -0.485 e. The molecule has 0 spiro atoms. The lowest BCUT2D eigenvalue weighted by Gasteiger charge is -2.31. The molecule has 3 aliphatic heterocycles. The van der Waals surface area contributed by atoms with Crippen LogP contribution in [0.2, 0.25) is 0 Å². The van der Waals surface area contributed by atoms with Crippen LogP contribution < -0.4 is 19.5 Å². The highest BCUT2D eigenvalue weighted by molar-refractivity contribution is 7.89. The second-order valence-corrected chi connectivity index (χ2v) is 15.8. The van der Waals surface area contributed by atoms with E-state index >= 15 is 0 Å². The number of ether oxygens (including phenoxy) is 6. The summed E-state index contributed by atoms with van der Waals surface area (Å²) in [7, 11) is -4.10. The van der Waals surface area contributed by atoms with Crippen LogP contribution >= 0.6 is 0 Å². The summed E-state index contributed by atoms with van der Waals surface area (Å²) in [5.74, 6) is 2.28. The molecule has 0 bridgehead atoms. The van der Waals surface area contributed by atoms with E-state index in [4.69, 9.17) is 37.5 Å². The van der Waals surface area contributed by atoms with E-state index in [-0.39, 0.29) is 62.1 Å². The van der Waals surface area contributed by atoms with Crippen LogP contribution in [0.3, 0.4) is 0 Å². The molecule has 5 heterocycles. The maximum absolute atomic E-state index is 14.0. The number of nitrogens with zero attached hydrogens (tertiary/aromatic N) is 4. The maximum Gasteiger partial charge on any atom is 0.407 e. The second kappa shape index (κ2) is 15.9. The number of amides is 1. The van der Waals surface area contributed by atoms with Crippen molar-refractivity contribution in [2.75, 3.05) is 33.1 Å². The molecule has 7 rings (SSSR count). The Labute approximate surface area is 311 Å². The summed E-state index contributed by atoms with van der Waals surface area (Å²) in [6.45, 7) is 7.83. The molecule has 2 aromatic heterocycles. The molecule has 5 atom stereocenters. The quantitative estimate of drug-likeness (QED) is 0.177. The summed E-state index contributed by atoms with van der Waals surface area (Å²) in [6.07, 6.45) is -2.21. The Hall–Kier alpha value is -4.75. The number of alkyl carbamates (subject to hydrolysis) is 1. The van der Waals surface area contributed by atoms with Gasteiger partial charge in [-0.05, 0) is 62.4 Å². The van der Waals surface area contributed by atoms with E-state index in [0.717, 1.165) is 5.56 Å². The van der Waals surface area contributed by atoms with Crippen molar-refractivity contribution in [2.45, 2.75) is 76.6 Å². The standard InChI is InChI=1S/C36H43N5O12S/c1-20(2)15-41(54(44,45)25-9-10-29-30(14-25)50-19-49-29)16-28(42)27(37-36(43)51-31-17-48-35-26(31)11-12-46-35)13-23-5-7-24(8-6-23)47-18-32-38-34(53-40-32)33-21(3)39-52-22(33)4/h5-10,14,20,26-28,31,35,42H,11-13,15-19H2,1-4H3,(H,37,43)/t26-,27-,28+,31-,35+/m0/s1. The number of nitrogens with one attached hydrogen (secondary N) is 1. The molecule has 0 radical (unpaired) electrons. The van der Waals surface area contributed by atoms with Crippen LogP contribution in [0.1, 0.15) is 43.1 Å². The third-order valence-electron chi connectivity index (χ3n) is 9.41. The third-order valence-corrected chi connectivity index (χ3v) is 11.2. The van der Waals surface area contributed by atoms with Crippen molar-refractivity contribution in [1.29, 1.82) is 0 Å². The molecule has 290 valence electrons. The Kier molecular flexibility index (Phi) is 11.1. The topological polar surface area (TPSA) is 207 Å². The number of aliphatic hydroxyl groups excluding tert-OH is 1. The fourth-order valence-electron chi connectivity index (χ4n) is 6.68. The molecule has 18 heteroatoms. The van der Waals surface area contributed by atoms with E-state index in [2.05, 4.69) is 20.6 Å². The first-order valence-corrected chi connectivity index (χ1v) is 19.1. The lowest BCUT2D eigenvalue weighted by atomic mass is 10.0. The number of aliphatic hydroxyl groups is 1. The zero-order valence-corrected chi connectivity index (χ0v) is 31.1. The second-order valence-electron chi connectivity index (χ2n) is 13.9. The van der Waals surface area contributed by atoms with Crippen LogP contribution in [-0.4, -0.2) is 96.9 Å². The third kappa shape index (κ3) is 8.32. The van der Waals surface area contributed by atoms with Gasteiger partial charge < -0.3 is 47.9 Å². The number of fused-ring (bicyclic) bond motifs is 2. The molecule has 54 heavy (non-hydrogen) atoms. The Morgan fingerprint density at radius 2 is 1.83 bits per heavy atom. The SMILES string of the molecule is Cc1noc(C)c1-c1nc(COc2ccc(C[C@H](NC(=O)O[C@H]3CO[C@H]4OCC[C@H]43)[C@H](O)CN(CC(C)C)S(=O)(=O)c3ccc4c(c3)OCO4)cc2)no1. The summed E-state index contributed by atoms with van der Waals surface area (Å²) < 4.78 is 73.3. The van der Waals surface area contributed by atoms with Crippen molar-refractivity contribution < 1.29 is 55.8 Å². The van der Waals surface area contributed by atoms with Crippen LogP contribution in [0.25, 0.3) is 11.5 Å². The van der Waals surface area contributed by atoms with Crippen LogP contribution in [0.4, 0.5) is 4.79 Å². The molecule has 0 unspecified atom stereocenters. The highest BCUT2D eigenvalue weighted by Gasteiger charge is 2.44. The first kappa shape index (κ1) is 37.6. The Morgan fingerprint density at radius 1 is 1.04 bits per heavy atom. The van der Waals surface area contributed by atoms with Gasteiger partial charge in [-0.3, -0.25) is 0 Å². The fraction of sp³-hybridized carbons (Fsp3) is 0.500. The van der Waals surface area contributed by atoms with Crippen molar-refractivity contribution >= 4 is 16.1 Å². The van der Waals surface area contributed by atoms with Gasteiger partial charge in [-0.25, -0.2) is 13.2 Å². The Morgan fingerprint density at radius 3 is 2.59 bits per heavy atom. The minimum absolute atomic E-state index is 0.00475. The number of hydrogen-bond donors (Lipinski definition) is 2. The number of carbonyl (C=O) groups is 1. The van der Waals surface area contributed by atoms with Gasteiger partial charge >= 0.3 is 6.09 Å². The number of rotatable bonds is 15. The predicted molar refractivity (Wildman–Crippen MR) is 187 cm³/mol. The molecular formula is C36H43N5O12S. The number of hydrogen-bond acceptors (Lipinski definition) is 15. The summed E-state index contributed by atoms with van der Waals surface area (Å²) in [5, 5.41) is 22.4. The molecule has 17 nitrogen and oxygen atoms in total. The lowest BCUT2D eigenvalue weighted by molar-refractivity contribution is -0.0907. The minimum atomic E-state index is -4.10. The van der Waals surface area contributed by atoms with Crippen molar-refractivity contribution in [3.63, 3.8) is 0 Å². The highest BCUT2D eigenvalue weighted by atomic mass is 32.2. The molecule has 2 aromatic carbocycles. The highest BCUT2D eigenvalue weighted by Crippen LogP contribution is 2.35. The average molecular weight is 770 g/mol. The molecule has 2 saturated heterocycles. The normalized spacial score (nSPS) is 20.3. The summed E-state index contributed by atoms with van der Waals surface area (Å²) in [5.41, 5.74) is 2.00. The van der Waals surface area contributed by atoms with Crippen LogP contribution in [0, 0.1) is 25.7 Å². The van der Waals surface area contributed by atoms with Gasteiger partial charge in [-0.2, -0.15) is 9.29 Å². The van der Waals surface area contributed by atoms with Crippen LogP contribution in [-0.2, 0) is 37.3 Å². The maximum atomic E-state index is 14.0. The van der Waals surface area contributed by atoms with Crippen molar-refractivity contribution in [3.8, 4) is 28.7 Å². The summed E-state index contributed by atoms with van der Waals surface area (Å²) >= 11 is 0. The molecule has 1 amide bonds. The number of aromatic nitrogens is 3. The van der Waals surface area contributed by atoms with E-state index in [1.165, 1.54) is 16.4 Å². The van der Waals surface area contributed by atoms with Gasteiger partial charge in [-0.15, -0.1) is 0 Å². The lowest BCUT2D eigenvalue weighted by Crippen LogP contribution is -2.51. The molecule has 3 aliphatic rings. The zero-order valence-electron chi connectivity index (χ0n) is 30.3. The summed E-state index contributed by atoms with van der Waals surface area (Å²) in [6, 6.07) is 10.5. The smallest absolute Gasteiger partial charge is 0.407 e. The largest absolute Gasteiger partial charge is 0.485 e. The number of sulfonamides is 1. The van der Waals surface area contributed by atoms with Gasteiger partial charge in [0.1, 0.15) is 23.2 Å². The molecule has 0 saturated carbocycles. The number of carbonyl (C=O) groups excluding carboxylic acids is 1. The van der Waals surface area contributed by atoms with E-state index in [1.807, 2.05) is 13.8 Å². The van der Waals surface area contributed by atoms with Gasteiger partial charge in [0, 0.05) is 19.2 Å². The Bertz CT molecular complexity index is 2020. The summed E-state index contributed by atoms with van der Waals surface area (Å²) in [4.78, 5) is 17.7. The van der Waals surface area contributed by atoms with Gasteiger partial charge in [0.05, 0.1) is 41.9 Å². The van der Waals surface area contributed by atoms with Gasteiger partial charge in [0.15, 0.2) is 24.4 Å². The Balaban J connectivity index is 1.05. The molecular weight excluding hydrogens is 726 g/mol. The predicted octanol–water partition coefficient (Wildman–Crippen LogP) is 3.76. The first-order valence-electron chi connectivity index (χ1n) is 17.7. The first-order chi connectivity index (χ1) is 25.9. The van der Waals surface area contributed by atoms with Crippen molar-refractivity contribution in [1.82, 2.24) is 24.9 Å². The van der Waals surface area contributed by atoms with E-state index in [9.17, 15) is 18.3 Å². The van der Waals surface area contributed by atoms with Gasteiger partial charge in [0.25, 0.3) is 5.89 Å². The van der Waals surface area contributed by atoms with E-state index in [1.54, 1.807) is 44.2 Å². The van der Waals surface area contributed by atoms with Crippen molar-refractivity contribution in [2.24, 2.45) is 11.8 Å². The number of benzene rings is 2. The van der Waals surface area contributed by atoms with Gasteiger partial charge in [-0.1, -0.05) is 36.3 Å². The monoisotopic (exact) mass is 769 g/mol. The van der Waals surface area contributed by atoms with Crippen molar-refractivity contribution in [3.05, 3.63) is 65.3 Å². The van der Waals surface area contributed by atoms with E-state index in [0.29, 0.717) is 53.1 Å². The molecule has 4 aromatic rings. The fourth-order valence-corrected chi connectivity index (χ4v) is 8.32. The van der Waals surface area contributed by atoms with Gasteiger partial charge in [0.2, 0.25) is 22.6 Å². The zero-order chi connectivity index (χ0) is 38.0. The molecule has 2 fully saturated rings. The van der Waals surface area contributed by atoms with E-state index < -0.39 is 40.7 Å².